The SMILES string of the molecule is CCc1cc([C@@H](c2ccc(OC)c(OC)c2)N2CCN(C)CC2)c(NC(=O)c2ccco2)s1. The number of benzene rings is 1. The quantitative estimate of drug-likeness (QED) is 0.524. The van der Waals surface area contributed by atoms with Gasteiger partial charge in [0.05, 0.1) is 26.5 Å². The normalized spacial score (nSPS) is 15.9. The number of methoxy groups -OCH3 is 2. The van der Waals surface area contributed by atoms with Gasteiger partial charge in [-0.25, -0.2) is 0 Å². The average molecular weight is 470 g/mol. The smallest absolute Gasteiger partial charge is 0.291 e. The minimum atomic E-state index is -0.241. The van der Waals surface area contributed by atoms with Crippen molar-refractivity contribution in [2.75, 3.05) is 52.8 Å². The number of piperazine rings is 1. The highest BCUT2D eigenvalue weighted by molar-refractivity contribution is 7.16. The van der Waals surface area contributed by atoms with E-state index >= 15 is 0 Å². The Morgan fingerprint density at radius 1 is 1.12 bits per heavy atom. The van der Waals surface area contributed by atoms with Gasteiger partial charge >= 0.3 is 0 Å². The maximum absolute atomic E-state index is 12.8. The lowest BCUT2D eigenvalue weighted by atomic mass is 9.96. The molecule has 0 aliphatic carbocycles. The van der Waals surface area contributed by atoms with E-state index in [1.165, 1.54) is 11.1 Å². The topological polar surface area (TPSA) is 67.2 Å². The monoisotopic (exact) mass is 469 g/mol. The van der Waals surface area contributed by atoms with Crippen LogP contribution in [-0.2, 0) is 6.42 Å². The molecule has 1 aromatic carbocycles. The van der Waals surface area contributed by atoms with Gasteiger partial charge < -0.3 is 24.1 Å². The Labute approximate surface area is 198 Å². The number of rotatable bonds is 8. The predicted molar refractivity (Wildman–Crippen MR) is 131 cm³/mol. The summed E-state index contributed by atoms with van der Waals surface area (Å²) in [5, 5.41) is 3.96. The fourth-order valence-corrected chi connectivity index (χ4v) is 5.22. The van der Waals surface area contributed by atoms with Crippen LogP contribution in [0.15, 0.2) is 47.1 Å². The number of furan rings is 1. The molecule has 0 radical (unpaired) electrons. The molecule has 33 heavy (non-hydrogen) atoms. The molecule has 1 N–H and O–H groups in total. The van der Waals surface area contributed by atoms with Crippen LogP contribution < -0.4 is 14.8 Å². The molecule has 1 fully saturated rings. The summed E-state index contributed by atoms with van der Waals surface area (Å²) in [5.41, 5.74) is 2.19. The molecule has 176 valence electrons. The molecule has 4 rings (SSSR count). The van der Waals surface area contributed by atoms with E-state index in [-0.39, 0.29) is 11.9 Å². The summed E-state index contributed by atoms with van der Waals surface area (Å²) < 4.78 is 16.4. The summed E-state index contributed by atoms with van der Waals surface area (Å²) in [7, 11) is 5.45. The van der Waals surface area contributed by atoms with Gasteiger partial charge in [-0.15, -0.1) is 11.3 Å². The number of carbonyl (C=O) groups excluding carboxylic acids is 1. The van der Waals surface area contributed by atoms with Gasteiger partial charge in [-0.1, -0.05) is 13.0 Å². The van der Waals surface area contributed by atoms with Crippen LogP contribution in [0.3, 0.4) is 0 Å². The third kappa shape index (κ3) is 5.08. The van der Waals surface area contributed by atoms with Crippen molar-refractivity contribution in [3.05, 3.63) is 64.4 Å². The van der Waals surface area contributed by atoms with Crippen LogP contribution in [-0.4, -0.2) is 63.2 Å². The number of nitrogens with one attached hydrogen (secondary N) is 1. The molecule has 7 nitrogen and oxygen atoms in total. The molecule has 0 spiro atoms. The first kappa shape index (κ1) is 23.4. The van der Waals surface area contributed by atoms with Crippen molar-refractivity contribution in [3.63, 3.8) is 0 Å². The fourth-order valence-electron chi connectivity index (χ4n) is 4.20. The molecule has 2 aromatic heterocycles. The Bertz CT molecular complexity index is 1070. The number of hydrogen-bond acceptors (Lipinski definition) is 7. The first-order valence-corrected chi connectivity index (χ1v) is 12.0. The number of anilines is 1. The minimum absolute atomic E-state index is 0.0260. The maximum atomic E-state index is 12.8. The molecule has 0 saturated carbocycles. The van der Waals surface area contributed by atoms with Gasteiger partial charge in [0.1, 0.15) is 5.00 Å². The lowest BCUT2D eigenvalue weighted by Crippen LogP contribution is -2.46. The zero-order valence-corrected chi connectivity index (χ0v) is 20.4. The molecule has 0 unspecified atom stereocenters. The summed E-state index contributed by atoms with van der Waals surface area (Å²) in [4.78, 5) is 18.9. The summed E-state index contributed by atoms with van der Waals surface area (Å²) in [6.45, 7) is 5.97. The molecule has 1 aliphatic rings. The van der Waals surface area contributed by atoms with Gasteiger partial charge in [0.15, 0.2) is 17.3 Å². The van der Waals surface area contributed by atoms with E-state index in [4.69, 9.17) is 13.9 Å². The van der Waals surface area contributed by atoms with Crippen LogP contribution in [0.5, 0.6) is 11.5 Å². The third-order valence-corrected chi connectivity index (χ3v) is 7.26. The number of ether oxygens (including phenoxy) is 2. The second-order valence-corrected chi connectivity index (χ2v) is 9.28. The summed E-state index contributed by atoms with van der Waals surface area (Å²) in [6.07, 6.45) is 2.41. The Morgan fingerprint density at radius 2 is 1.88 bits per heavy atom. The Kier molecular flexibility index (Phi) is 7.37. The van der Waals surface area contributed by atoms with Gasteiger partial charge in [-0.2, -0.15) is 0 Å². The van der Waals surface area contributed by atoms with Gasteiger partial charge in [-0.3, -0.25) is 9.69 Å². The van der Waals surface area contributed by atoms with E-state index in [0.29, 0.717) is 17.3 Å². The van der Waals surface area contributed by atoms with E-state index in [9.17, 15) is 4.79 Å². The number of aryl methyl sites for hydroxylation is 1. The number of amides is 1. The fraction of sp³-hybridized carbons (Fsp3) is 0.400. The lowest BCUT2D eigenvalue weighted by molar-refractivity contribution is 0.0996. The molecule has 1 atom stereocenters. The molecule has 1 amide bonds. The Morgan fingerprint density at radius 3 is 2.52 bits per heavy atom. The molecule has 3 heterocycles. The van der Waals surface area contributed by atoms with Crippen LogP contribution in [0.25, 0.3) is 0 Å². The summed E-state index contributed by atoms with van der Waals surface area (Å²) in [6, 6.07) is 11.7. The average Bonchev–Trinajstić information content (AvgIpc) is 3.51. The number of nitrogens with zero attached hydrogens (tertiary/aromatic N) is 2. The Balaban J connectivity index is 1.77. The van der Waals surface area contributed by atoms with Crippen molar-refractivity contribution in [1.82, 2.24) is 9.80 Å². The van der Waals surface area contributed by atoms with Crippen LogP contribution in [0.2, 0.25) is 0 Å². The highest BCUT2D eigenvalue weighted by Gasteiger charge is 2.30. The largest absolute Gasteiger partial charge is 0.493 e. The molecule has 1 aliphatic heterocycles. The minimum Gasteiger partial charge on any atom is -0.493 e. The molecule has 1 saturated heterocycles. The van der Waals surface area contributed by atoms with Crippen LogP contribution in [0, 0.1) is 0 Å². The zero-order chi connectivity index (χ0) is 23.4. The van der Waals surface area contributed by atoms with Gasteiger partial charge in [0, 0.05) is 36.6 Å². The second-order valence-electron chi connectivity index (χ2n) is 8.14. The summed E-state index contributed by atoms with van der Waals surface area (Å²) >= 11 is 1.62. The third-order valence-electron chi connectivity index (χ3n) is 6.05. The van der Waals surface area contributed by atoms with E-state index in [0.717, 1.165) is 48.7 Å². The molecule has 8 heteroatoms. The second kappa shape index (κ2) is 10.4. The van der Waals surface area contributed by atoms with Crippen LogP contribution >= 0.6 is 11.3 Å². The molecule has 3 aromatic rings. The molecular weight excluding hydrogens is 438 g/mol. The molecule has 0 bridgehead atoms. The molecular formula is C25H31N3O4S. The van der Waals surface area contributed by atoms with Crippen molar-refractivity contribution < 1.29 is 18.7 Å². The van der Waals surface area contributed by atoms with Crippen molar-refractivity contribution in [2.24, 2.45) is 0 Å². The van der Waals surface area contributed by atoms with E-state index in [1.807, 2.05) is 12.1 Å². The lowest BCUT2D eigenvalue weighted by Gasteiger charge is -2.38. The maximum Gasteiger partial charge on any atom is 0.291 e. The predicted octanol–water partition coefficient (Wildman–Crippen LogP) is 4.51. The highest BCUT2D eigenvalue weighted by Crippen LogP contribution is 2.42. The van der Waals surface area contributed by atoms with E-state index in [2.05, 4.69) is 41.2 Å². The van der Waals surface area contributed by atoms with Gasteiger partial charge in [0.25, 0.3) is 5.91 Å². The number of hydrogen-bond donors (Lipinski definition) is 1. The highest BCUT2D eigenvalue weighted by atomic mass is 32.1. The standard InChI is InChI=1S/C25H31N3O4S/c1-5-18-16-19(25(33-18)26-24(29)21-7-6-14-32-21)23(28-12-10-27(2)11-13-28)17-8-9-20(30-3)22(15-17)31-4/h6-9,14-16,23H,5,10-13H2,1-4H3,(H,26,29)/t23-/m1/s1. The first-order valence-electron chi connectivity index (χ1n) is 11.2. The van der Waals surface area contributed by atoms with Crippen molar-refractivity contribution in [1.29, 1.82) is 0 Å². The Hall–Kier alpha value is -2.81. The van der Waals surface area contributed by atoms with Gasteiger partial charge in [-0.05, 0) is 49.4 Å². The van der Waals surface area contributed by atoms with Crippen LogP contribution in [0.4, 0.5) is 5.00 Å². The van der Waals surface area contributed by atoms with Crippen molar-refractivity contribution >= 4 is 22.2 Å². The number of likely N-dealkylation sites (N-methyl/N-ethyl adjacent to an activating group) is 1. The first-order chi connectivity index (χ1) is 16.0. The number of carbonyl (C=O) groups is 1. The van der Waals surface area contributed by atoms with Gasteiger partial charge in [0.2, 0.25) is 0 Å². The van der Waals surface area contributed by atoms with E-state index in [1.54, 1.807) is 37.7 Å². The van der Waals surface area contributed by atoms with Crippen molar-refractivity contribution in [3.8, 4) is 11.5 Å². The van der Waals surface area contributed by atoms with Crippen LogP contribution in [0.1, 0.15) is 39.5 Å². The number of thiophene rings is 1. The zero-order valence-electron chi connectivity index (χ0n) is 19.6. The summed E-state index contributed by atoms with van der Waals surface area (Å²) in [5.74, 6) is 1.45. The van der Waals surface area contributed by atoms with E-state index < -0.39 is 0 Å². The van der Waals surface area contributed by atoms with Crippen molar-refractivity contribution in [2.45, 2.75) is 19.4 Å².